The Morgan fingerprint density at radius 2 is 1.67 bits per heavy atom. The average Bonchev–Trinajstić information content (AvgIpc) is 3.49. The van der Waals surface area contributed by atoms with E-state index in [1.54, 1.807) is 26.0 Å². The van der Waals surface area contributed by atoms with Crippen molar-refractivity contribution in [2.24, 2.45) is 0 Å². The summed E-state index contributed by atoms with van der Waals surface area (Å²) in [6.07, 6.45) is -0.840. The number of imide groups is 1. The summed E-state index contributed by atoms with van der Waals surface area (Å²) in [6, 6.07) is 19.1. The fourth-order valence-corrected chi connectivity index (χ4v) is 6.41. The normalized spacial score (nSPS) is 27.6. The molecule has 12 nitrogen and oxygen atoms in total. The van der Waals surface area contributed by atoms with E-state index in [0.29, 0.717) is 0 Å². The van der Waals surface area contributed by atoms with Crippen molar-refractivity contribution in [3.05, 3.63) is 106 Å². The van der Waals surface area contributed by atoms with E-state index in [-0.39, 0.29) is 35.7 Å². The van der Waals surface area contributed by atoms with Gasteiger partial charge in [0, 0.05) is 36.9 Å². The number of non-ortho nitro benzene ring substituents is 1. The number of ether oxygens (including phenoxy) is 3. The van der Waals surface area contributed by atoms with E-state index < -0.39 is 51.8 Å². The summed E-state index contributed by atoms with van der Waals surface area (Å²) >= 11 is 0. The van der Waals surface area contributed by atoms with Gasteiger partial charge in [-0.2, -0.15) is 0 Å². The number of hydrogen-bond acceptors (Lipinski definition) is 9. The zero-order chi connectivity index (χ0) is 30.7. The number of carbonyl (C=O) groups excluding carboxylic acids is 3. The first-order valence-corrected chi connectivity index (χ1v) is 13.6. The van der Waals surface area contributed by atoms with Crippen molar-refractivity contribution in [1.82, 2.24) is 4.90 Å². The fraction of sp³-hybridized carbons (Fsp3) is 0.323. The van der Waals surface area contributed by atoms with E-state index in [9.17, 15) is 29.6 Å². The number of nitro benzene ring substituents is 1. The molecule has 1 N–H and O–H groups in total. The number of nitro groups is 1. The summed E-state index contributed by atoms with van der Waals surface area (Å²) in [5.74, 6) is -3.57. The lowest BCUT2D eigenvalue weighted by molar-refractivity contribution is -0.384. The van der Waals surface area contributed by atoms with Crippen molar-refractivity contribution >= 4 is 29.1 Å². The van der Waals surface area contributed by atoms with Crippen LogP contribution in [0, 0.1) is 10.1 Å². The van der Waals surface area contributed by atoms with Crippen molar-refractivity contribution in [2.45, 2.75) is 49.5 Å². The smallest absolute Gasteiger partial charge is 0.274 e. The Bertz CT molecular complexity index is 1630. The number of hydrogen-bond donors (Lipinski definition) is 1. The van der Waals surface area contributed by atoms with Gasteiger partial charge < -0.3 is 24.2 Å². The number of aliphatic hydroxyl groups is 1. The highest BCUT2D eigenvalue weighted by Crippen LogP contribution is 2.56. The maximum absolute atomic E-state index is 14.5. The summed E-state index contributed by atoms with van der Waals surface area (Å²) in [5, 5.41) is 23.7. The number of fused-ring (bicyclic) bond motifs is 1. The largest absolute Gasteiger partial charge is 0.375 e. The minimum absolute atomic E-state index is 0.0101. The predicted octanol–water partition coefficient (Wildman–Crippen LogP) is 2.92. The summed E-state index contributed by atoms with van der Waals surface area (Å²) in [6.45, 7) is 3.56. The van der Waals surface area contributed by atoms with Gasteiger partial charge in [-0.25, -0.2) is 4.90 Å². The van der Waals surface area contributed by atoms with E-state index >= 15 is 0 Å². The molecule has 0 radical (unpaired) electrons. The number of benzene rings is 3. The van der Waals surface area contributed by atoms with E-state index in [1.165, 1.54) is 36.3 Å². The molecular weight excluding hydrogens is 558 g/mol. The Morgan fingerprint density at radius 1 is 1.02 bits per heavy atom. The molecule has 3 aromatic carbocycles. The third kappa shape index (κ3) is 4.09. The van der Waals surface area contributed by atoms with Gasteiger partial charge in [-0.1, -0.05) is 48.5 Å². The molecule has 43 heavy (non-hydrogen) atoms. The number of amides is 3. The van der Waals surface area contributed by atoms with E-state index in [2.05, 4.69) is 0 Å². The van der Waals surface area contributed by atoms with Crippen LogP contribution < -0.4 is 4.90 Å². The van der Waals surface area contributed by atoms with Crippen molar-refractivity contribution in [2.75, 3.05) is 18.6 Å². The molecule has 3 amide bonds. The average molecular weight is 588 g/mol. The molecule has 222 valence electrons. The molecule has 3 heterocycles. The van der Waals surface area contributed by atoms with Gasteiger partial charge >= 0.3 is 0 Å². The first-order valence-electron chi connectivity index (χ1n) is 13.6. The quantitative estimate of drug-likeness (QED) is 0.191. The van der Waals surface area contributed by atoms with Crippen LogP contribution in [0.15, 0.2) is 78.9 Å². The summed E-state index contributed by atoms with van der Waals surface area (Å²) in [4.78, 5) is 55.3. The maximum Gasteiger partial charge on any atom is 0.274 e. The Hall–Kier alpha value is -4.49. The number of rotatable bonds is 7. The summed E-state index contributed by atoms with van der Waals surface area (Å²) in [5.41, 5.74) is -4.04. The second-order valence-electron chi connectivity index (χ2n) is 11.1. The molecule has 0 unspecified atom stereocenters. The SMILES string of the molecule is CO[C@]1([C@]2(O)C(=O)N(Cc3ccccc3)[C@H]2[C@H]2COC(C)(C)O2)C(=O)N(C(=O)c2ccc([N+](=O)[O-])cc2)c2ccccc21. The van der Waals surface area contributed by atoms with Crippen molar-refractivity contribution in [1.29, 1.82) is 0 Å². The van der Waals surface area contributed by atoms with Crippen LogP contribution in [0.1, 0.15) is 35.3 Å². The molecule has 3 aliphatic heterocycles. The molecular formula is C31H29N3O9. The Balaban J connectivity index is 1.46. The van der Waals surface area contributed by atoms with E-state index in [1.807, 2.05) is 30.3 Å². The lowest BCUT2D eigenvalue weighted by atomic mass is 9.65. The van der Waals surface area contributed by atoms with Gasteiger partial charge in [-0.15, -0.1) is 0 Å². The molecule has 2 saturated heterocycles. The van der Waals surface area contributed by atoms with Crippen LogP contribution >= 0.6 is 0 Å². The van der Waals surface area contributed by atoms with Gasteiger partial charge in [0.2, 0.25) is 11.2 Å². The third-order valence-corrected chi connectivity index (χ3v) is 8.33. The lowest BCUT2D eigenvalue weighted by Gasteiger charge is -2.59. The van der Waals surface area contributed by atoms with Gasteiger partial charge in [0.1, 0.15) is 12.1 Å². The topological polar surface area (TPSA) is 149 Å². The highest BCUT2D eigenvalue weighted by atomic mass is 16.7. The van der Waals surface area contributed by atoms with Crippen LogP contribution in [-0.2, 0) is 35.9 Å². The van der Waals surface area contributed by atoms with Crippen molar-refractivity contribution in [3.63, 3.8) is 0 Å². The molecule has 0 spiro atoms. The minimum Gasteiger partial charge on any atom is -0.375 e. The Kier molecular flexibility index (Phi) is 6.69. The molecule has 4 atom stereocenters. The highest BCUT2D eigenvalue weighted by molar-refractivity contribution is 6.28. The molecule has 0 aliphatic carbocycles. The number of likely N-dealkylation sites (tertiary alicyclic amines) is 1. The van der Waals surface area contributed by atoms with E-state index in [0.717, 1.165) is 22.6 Å². The highest BCUT2D eigenvalue weighted by Gasteiger charge is 2.79. The monoisotopic (exact) mass is 587 g/mol. The molecule has 3 aromatic rings. The number of para-hydroxylation sites is 1. The minimum atomic E-state index is -2.50. The van der Waals surface area contributed by atoms with Gasteiger partial charge in [0.05, 0.1) is 17.2 Å². The van der Waals surface area contributed by atoms with Gasteiger partial charge in [-0.05, 0) is 37.6 Å². The second-order valence-corrected chi connectivity index (χ2v) is 11.1. The molecule has 2 fully saturated rings. The third-order valence-electron chi connectivity index (χ3n) is 8.33. The van der Waals surface area contributed by atoms with Crippen LogP contribution in [-0.4, -0.2) is 69.9 Å². The van der Waals surface area contributed by atoms with Crippen molar-refractivity contribution < 1.29 is 38.6 Å². The number of carbonyl (C=O) groups is 3. The molecule has 0 aromatic heterocycles. The summed E-state index contributed by atoms with van der Waals surface area (Å²) < 4.78 is 17.8. The van der Waals surface area contributed by atoms with Crippen LogP contribution in [0.25, 0.3) is 0 Å². The maximum atomic E-state index is 14.5. The fourth-order valence-electron chi connectivity index (χ4n) is 6.41. The molecule has 0 saturated carbocycles. The zero-order valence-corrected chi connectivity index (χ0v) is 23.6. The molecule has 3 aliphatic rings. The second kappa shape index (κ2) is 10.1. The first-order chi connectivity index (χ1) is 20.5. The zero-order valence-electron chi connectivity index (χ0n) is 23.6. The van der Waals surface area contributed by atoms with Crippen molar-refractivity contribution in [3.8, 4) is 0 Å². The predicted molar refractivity (Wildman–Crippen MR) is 151 cm³/mol. The molecule has 0 bridgehead atoms. The van der Waals surface area contributed by atoms with Crippen LogP contribution in [0.3, 0.4) is 0 Å². The van der Waals surface area contributed by atoms with Gasteiger partial charge in [-0.3, -0.25) is 24.5 Å². The van der Waals surface area contributed by atoms with Gasteiger partial charge in [0.25, 0.3) is 23.4 Å². The number of anilines is 1. The Morgan fingerprint density at radius 3 is 2.28 bits per heavy atom. The van der Waals surface area contributed by atoms with Gasteiger partial charge in [0.15, 0.2) is 5.79 Å². The van der Waals surface area contributed by atoms with E-state index in [4.69, 9.17) is 14.2 Å². The Labute approximate surface area is 246 Å². The van der Waals surface area contributed by atoms with Crippen LogP contribution in [0.5, 0.6) is 0 Å². The summed E-state index contributed by atoms with van der Waals surface area (Å²) in [7, 11) is 1.20. The molecule has 12 heteroatoms. The number of methoxy groups -OCH3 is 1. The first kappa shape index (κ1) is 28.6. The molecule has 6 rings (SSSR count). The lowest BCUT2D eigenvalue weighted by Crippen LogP contribution is -2.85. The standard InChI is InChI=1S/C31H29N3O9/c1-29(2)42-18-24(43-29)25-30(38,27(36)32(25)17-19-9-5-4-6-10-19)31(41-3)22-11-7-8-12-23(22)33(28(31)37)26(35)20-13-15-21(16-14-20)34(39)40/h4-16,24-25,38H,17-18H2,1-3H3/t24-,25+,30-,31+/m1/s1. The number of nitrogens with zero attached hydrogens (tertiary/aromatic N) is 3. The van der Waals surface area contributed by atoms with Crippen LogP contribution in [0.2, 0.25) is 0 Å². The number of β-lactam (4-membered cyclic amide) rings is 1. The van der Waals surface area contributed by atoms with Crippen LogP contribution in [0.4, 0.5) is 11.4 Å².